The number of hydrogen-bond donors (Lipinski definition) is 1. The number of nitrogens with two attached hydrogens (primary N) is 1. The van der Waals surface area contributed by atoms with Crippen molar-refractivity contribution < 1.29 is 4.84 Å². The van der Waals surface area contributed by atoms with Crippen molar-refractivity contribution in [3.05, 3.63) is 35.4 Å². The van der Waals surface area contributed by atoms with Gasteiger partial charge in [0.1, 0.15) is 0 Å². The highest BCUT2D eigenvalue weighted by Crippen LogP contribution is 2.19. The summed E-state index contributed by atoms with van der Waals surface area (Å²) in [4.78, 5) is 7.31. The number of likely N-dealkylation sites (tertiary alicyclic amines) is 1. The van der Waals surface area contributed by atoms with Gasteiger partial charge in [0.15, 0.2) is 0 Å². The molecule has 3 heteroatoms. The van der Waals surface area contributed by atoms with Gasteiger partial charge in [0.25, 0.3) is 0 Å². The lowest BCUT2D eigenvalue weighted by molar-refractivity contribution is 0.0360. The average molecular weight is 234 g/mol. The van der Waals surface area contributed by atoms with E-state index >= 15 is 0 Å². The van der Waals surface area contributed by atoms with Gasteiger partial charge < -0.3 is 4.84 Å². The first-order valence-corrected chi connectivity index (χ1v) is 6.41. The van der Waals surface area contributed by atoms with Crippen LogP contribution in [0.5, 0.6) is 0 Å². The fourth-order valence-electron chi connectivity index (χ4n) is 2.50. The number of aryl methyl sites for hydroxylation is 1. The summed E-state index contributed by atoms with van der Waals surface area (Å²) in [5.74, 6) is 5.21. The maximum absolute atomic E-state index is 5.21. The van der Waals surface area contributed by atoms with Crippen LogP contribution in [-0.2, 0) is 11.4 Å². The highest BCUT2D eigenvalue weighted by atomic mass is 16.6. The molecule has 0 amide bonds. The minimum Gasteiger partial charge on any atom is -0.303 e. The summed E-state index contributed by atoms with van der Waals surface area (Å²) in [5.41, 5.74) is 2.69. The lowest BCUT2D eigenvalue weighted by atomic mass is 10.0. The summed E-state index contributed by atoms with van der Waals surface area (Å²) >= 11 is 0. The highest BCUT2D eigenvalue weighted by Gasteiger charge is 2.22. The Balaban J connectivity index is 1.97. The van der Waals surface area contributed by atoms with Crippen LogP contribution in [0, 0.1) is 6.92 Å². The van der Waals surface area contributed by atoms with Crippen LogP contribution in [0.3, 0.4) is 0 Å². The molecule has 3 nitrogen and oxygen atoms in total. The molecule has 1 fully saturated rings. The van der Waals surface area contributed by atoms with Crippen LogP contribution in [0.15, 0.2) is 24.3 Å². The van der Waals surface area contributed by atoms with Crippen molar-refractivity contribution in [2.45, 2.75) is 38.8 Å². The zero-order chi connectivity index (χ0) is 12.1. The molecule has 0 saturated carbocycles. The van der Waals surface area contributed by atoms with E-state index in [9.17, 15) is 0 Å². The van der Waals surface area contributed by atoms with E-state index in [1.54, 1.807) is 0 Å². The molecule has 1 atom stereocenters. The fourth-order valence-corrected chi connectivity index (χ4v) is 2.50. The van der Waals surface area contributed by atoms with E-state index in [-0.39, 0.29) is 0 Å². The molecule has 1 saturated heterocycles. The molecule has 0 aliphatic carbocycles. The minimum absolute atomic E-state index is 0.482. The Bertz CT molecular complexity index is 335. The summed E-state index contributed by atoms with van der Waals surface area (Å²) in [6.45, 7) is 4.93. The van der Waals surface area contributed by atoms with E-state index in [0.29, 0.717) is 12.6 Å². The van der Waals surface area contributed by atoms with Gasteiger partial charge in [-0.25, -0.2) is 5.90 Å². The van der Waals surface area contributed by atoms with E-state index in [4.69, 9.17) is 10.7 Å². The smallest absolute Gasteiger partial charge is 0.0834 e. The van der Waals surface area contributed by atoms with Crippen LogP contribution in [0.4, 0.5) is 0 Å². The van der Waals surface area contributed by atoms with E-state index in [1.165, 1.54) is 30.4 Å². The molecule has 1 aliphatic rings. The lowest BCUT2D eigenvalue weighted by Crippen LogP contribution is -2.42. The zero-order valence-corrected chi connectivity index (χ0v) is 10.6. The second kappa shape index (κ2) is 6.15. The zero-order valence-electron chi connectivity index (χ0n) is 10.6. The van der Waals surface area contributed by atoms with Crippen LogP contribution < -0.4 is 5.90 Å². The lowest BCUT2D eigenvalue weighted by Gasteiger charge is -2.35. The van der Waals surface area contributed by atoms with Crippen molar-refractivity contribution in [1.29, 1.82) is 0 Å². The highest BCUT2D eigenvalue weighted by molar-refractivity contribution is 5.21. The Morgan fingerprint density at radius 3 is 2.76 bits per heavy atom. The average Bonchev–Trinajstić information content (AvgIpc) is 2.35. The predicted octanol–water partition coefficient (Wildman–Crippen LogP) is 2.24. The number of benzene rings is 1. The third kappa shape index (κ3) is 3.53. The van der Waals surface area contributed by atoms with E-state index in [2.05, 4.69) is 36.1 Å². The Kier molecular flexibility index (Phi) is 4.54. The Morgan fingerprint density at radius 1 is 1.29 bits per heavy atom. The van der Waals surface area contributed by atoms with Gasteiger partial charge in [0.05, 0.1) is 6.61 Å². The maximum atomic E-state index is 5.21. The van der Waals surface area contributed by atoms with Crippen molar-refractivity contribution >= 4 is 0 Å². The summed E-state index contributed by atoms with van der Waals surface area (Å²) in [7, 11) is 0. The first-order valence-electron chi connectivity index (χ1n) is 6.41. The molecule has 2 N–H and O–H groups in total. The second-order valence-electron chi connectivity index (χ2n) is 4.94. The van der Waals surface area contributed by atoms with Gasteiger partial charge >= 0.3 is 0 Å². The van der Waals surface area contributed by atoms with Gasteiger partial charge in [0, 0.05) is 12.6 Å². The molecule has 1 aromatic rings. The molecule has 0 bridgehead atoms. The van der Waals surface area contributed by atoms with Gasteiger partial charge in [-0.15, -0.1) is 0 Å². The molecule has 0 spiro atoms. The SMILES string of the molecule is Cc1ccc(CN2CCCCC2CON)cc1. The molecule has 94 valence electrons. The van der Waals surface area contributed by atoms with Gasteiger partial charge in [-0.2, -0.15) is 0 Å². The van der Waals surface area contributed by atoms with Crippen LogP contribution >= 0.6 is 0 Å². The molecule has 17 heavy (non-hydrogen) atoms. The first kappa shape index (κ1) is 12.6. The van der Waals surface area contributed by atoms with Gasteiger partial charge in [-0.1, -0.05) is 36.2 Å². The standard InChI is InChI=1S/C14H22N2O/c1-12-5-7-13(8-6-12)10-16-9-3-2-4-14(16)11-17-15/h5-8,14H,2-4,9-11,15H2,1H3. The monoisotopic (exact) mass is 234 g/mol. The van der Waals surface area contributed by atoms with Crippen molar-refractivity contribution in [2.75, 3.05) is 13.2 Å². The second-order valence-corrected chi connectivity index (χ2v) is 4.94. The molecule has 0 radical (unpaired) electrons. The van der Waals surface area contributed by atoms with Gasteiger partial charge in [-0.3, -0.25) is 4.90 Å². The third-order valence-corrected chi connectivity index (χ3v) is 3.54. The minimum atomic E-state index is 0.482. The summed E-state index contributed by atoms with van der Waals surface area (Å²) in [5, 5.41) is 0. The number of nitrogens with zero attached hydrogens (tertiary/aromatic N) is 1. The largest absolute Gasteiger partial charge is 0.303 e. The Morgan fingerprint density at radius 2 is 2.06 bits per heavy atom. The van der Waals surface area contributed by atoms with Crippen LogP contribution in [-0.4, -0.2) is 24.1 Å². The van der Waals surface area contributed by atoms with Crippen LogP contribution in [0.1, 0.15) is 30.4 Å². The molecular weight excluding hydrogens is 212 g/mol. The van der Waals surface area contributed by atoms with E-state index in [1.807, 2.05) is 0 Å². The Hall–Kier alpha value is -0.900. The van der Waals surface area contributed by atoms with Crippen molar-refractivity contribution in [3.63, 3.8) is 0 Å². The van der Waals surface area contributed by atoms with Crippen LogP contribution in [0.25, 0.3) is 0 Å². The number of piperidine rings is 1. The molecule has 1 aromatic carbocycles. The van der Waals surface area contributed by atoms with E-state index < -0.39 is 0 Å². The fraction of sp³-hybridized carbons (Fsp3) is 0.571. The van der Waals surface area contributed by atoms with Crippen molar-refractivity contribution in [1.82, 2.24) is 4.90 Å². The molecule has 1 aliphatic heterocycles. The number of hydrogen-bond acceptors (Lipinski definition) is 3. The first-order chi connectivity index (χ1) is 8.29. The molecule has 0 aromatic heterocycles. The van der Waals surface area contributed by atoms with E-state index in [0.717, 1.165) is 13.1 Å². The van der Waals surface area contributed by atoms with Gasteiger partial charge in [-0.05, 0) is 31.9 Å². The molecular formula is C14H22N2O. The summed E-state index contributed by atoms with van der Waals surface area (Å²) < 4.78 is 0. The molecule has 2 rings (SSSR count). The maximum Gasteiger partial charge on any atom is 0.0834 e. The summed E-state index contributed by atoms with van der Waals surface area (Å²) in [6, 6.07) is 9.26. The number of rotatable bonds is 4. The van der Waals surface area contributed by atoms with Crippen LogP contribution in [0.2, 0.25) is 0 Å². The predicted molar refractivity (Wildman–Crippen MR) is 69.4 cm³/mol. The van der Waals surface area contributed by atoms with Crippen molar-refractivity contribution in [3.8, 4) is 0 Å². The summed E-state index contributed by atoms with van der Waals surface area (Å²) in [6.07, 6.45) is 3.77. The normalized spacial score (nSPS) is 21.6. The molecule has 1 heterocycles. The Labute approximate surface area is 104 Å². The topological polar surface area (TPSA) is 38.5 Å². The molecule has 1 unspecified atom stereocenters. The van der Waals surface area contributed by atoms with Crippen molar-refractivity contribution in [2.24, 2.45) is 5.90 Å². The van der Waals surface area contributed by atoms with Gasteiger partial charge in [0.2, 0.25) is 0 Å². The third-order valence-electron chi connectivity index (χ3n) is 3.54. The quantitative estimate of drug-likeness (QED) is 0.812.